The van der Waals surface area contributed by atoms with E-state index in [1.807, 2.05) is 42.2 Å². The van der Waals surface area contributed by atoms with Crippen molar-refractivity contribution in [2.45, 2.75) is 83.3 Å². The fraction of sp³-hybridized carbons (Fsp3) is 0.561. The average molecular weight is 773 g/mol. The first-order chi connectivity index (χ1) is 26.9. The fourth-order valence-electron chi connectivity index (χ4n) is 9.17. The molecule has 1 aromatic heterocycles. The van der Waals surface area contributed by atoms with Gasteiger partial charge >= 0.3 is 23.8 Å². The lowest BCUT2D eigenvalue weighted by atomic mass is 9.78. The number of carbonyl (C=O) groups excluding carboxylic acids is 4. The number of carboxylic acid groups (broad SMARTS) is 1. The maximum atomic E-state index is 14.3. The van der Waals surface area contributed by atoms with E-state index in [4.69, 9.17) is 14.3 Å². The molecular formula is C41H52N6O9. The van der Waals surface area contributed by atoms with Crippen LogP contribution in [-0.4, -0.2) is 117 Å². The number of amides is 5. The van der Waals surface area contributed by atoms with Crippen LogP contribution in [0, 0.1) is 18.8 Å². The van der Waals surface area contributed by atoms with Crippen LogP contribution in [0.5, 0.6) is 0 Å². The van der Waals surface area contributed by atoms with E-state index in [0.29, 0.717) is 87.2 Å². The maximum Gasteiger partial charge on any atom is 0.419 e. The van der Waals surface area contributed by atoms with Gasteiger partial charge in [-0.15, -0.1) is 0 Å². The zero-order valence-corrected chi connectivity index (χ0v) is 32.2. The predicted octanol–water partition coefficient (Wildman–Crippen LogP) is 4.38. The number of aryl methyl sites for hydroxylation is 2. The smallest absolute Gasteiger partial charge is 0.419 e. The number of anilines is 1. The number of aliphatic carboxylic acids is 1. The quantitative estimate of drug-likeness (QED) is 0.320. The average Bonchev–Trinajstić information content (AvgIpc) is 3.38. The Kier molecular flexibility index (Phi) is 11.7. The van der Waals surface area contributed by atoms with Crippen LogP contribution in [0.2, 0.25) is 0 Å². The molecule has 3 aromatic rings. The number of ether oxygens (including phenoxy) is 1. The zero-order valence-electron chi connectivity index (χ0n) is 32.2. The molecule has 0 aliphatic carbocycles. The molecule has 300 valence electrons. The summed E-state index contributed by atoms with van der Waals surface area (Å²) < 4.78 is 13.0. The van der Waals surface area contributed by atoms with Gasteiger partial charge in [0.2, 0.25) is 5.91 Å². The number of hydrogen-bond acceptors (Lipinski definition) is 8. The van der Waals surface area contributed by atoms with E-state index < -0.39 is 23.9 Å². The van der Waals surface area contributed by atoms with Gasteiger partial charge in [-0.05, 0) is 92.5 Å². The topological polar surface area (TPSA) is 175 Å². The molecule has 1 atom stereocenters. The number of aromatic nitrogens is 1. The molecule has 4 aliphatic heterocycles. The minimum absolute atomic E-state index is 0.0186. The second kappa shape index (κ2) is 16.8. The number of para-hydroxylation sites is 1. The first kappa shape index (κ1) is 38.9. The number of carboxylic acids is 1. The molecule has 0 spiro atoms. The molecule has 56 heavy (non-hydrogen) atoms. The Balaban J connectivity index is 0.983. The van der Waals surface area contributed by atoms with Gasteiger partial charge in [-0.2, -0.15) is 0 Å². The Morgan fingerprint density at radius 1 is 0.857 bits per heavy atom. The maximum absolute atomic E-state index is 14.3. The van der Waals surface area contributed by atoms with Crippen LogP contribution in [0.1, 0.15) is 68.1 Å². The SMILES string of the molecule is Cc1cc(C[C@@H](OC(=O)N2CCC(N3CCc4ccccc4NC3=O)CC2)C(=O)N2CCC(C3CCN(C(=O)CCC(=O)O)CC3)CC2)cc2oc(=O)n(C)c12. The third-order valence-corrected chi connectivity index (χ3v) is 12.3. The second-order valence-electron chi connectivity index (χ2n) is 15.8. The summed E-state index contributed by atoms with van der Waals surface area (Å²) in [5.41, 5.74) is 4.51. The number of nitrogens with one attached hydrogen (secondary N) is 1. The first-order valence-electron chi connectivity index (χ1n) is 19.9. The predicted molar refractivity (Wildman–Crippen MR) is 206 cm³/mol. The number of oxazole rings is 1. The second-order valence-corrected chi connectivity index (χ2v) is 15.8. The van der Waals surface area contributed by atoms with Gasteiger partial charge in [-0.3, -0.25) is 19.0 Å². The van der Waals surface area contributed by atoms with Gasteiger partial charge in [0.05, 0.1) is 11.9 Å². The monoisotopic (exact) mass is 772 g/mol. The molecule has 5 amide bonds. The molecule has 3 fully saturated rings. The lowest BCUT2D eigenvalue weighted by molar-refractivity contribution is -0.143. The summed E-state index contributed by atoms with van der Waals surface area (Å²) in [5.74, 6) is -1.03. The Hall–Kier alpha value is -5.34. The van der Waals surface area contributed by atoms with Crippen molar-refractivity contribution in [1.82, 2.24) is 24.2 Å². The molecule has 2 aromatic carbocycles. The van der Waals surface area contributed by atoms with E-state index in [1.54, 1.807) is 27.8 Å². The number of piperidine rings is 3. The standard InChI is InChI=1S/C41H52N6O9/c1-26-23-27(24-33-37(26)43(2)40(53)55-33)25-34(38(51)45-18-11-29(12-19-45)28-9-16-44(17-10-28)35(48)7-8-36(49)50)56-41(54)46-20-14-31(15-21-46)47-22-13-30-5-3-4-6-32(30)42-39(47)52/h3-6,23-24,28-29,31,34H,7-22,25H2,1-2H3,(H,42,52)(H,49,50)/t34-/m1/s1. The summed E-state index contributed by atoms with van der Waals surface area (Å²) in [6.07, 6.45) is 3.51. The number of hydrogen-bond donors (Lipinski definition) is 2. The van der Waals surface area contributed by atoms with E-state index in [-0.39, 0.29) is 43.1 Å². The number of fused-ring (bicyclic) bond motifs is 2. The van der Waals surface area contributed by atoms with E-state index in [2.05, 4.69) is 5.32 Å². The molecule has 0 saturated carbocycles. The Bertz CT molecular complexity index is 2020. The van der Waals surface area contributed by atoms with E-state index in [1.165, 1.54) is 4.57 Å². The highest BCUT2D eigenvalue weighted by Gasteiger charge is 2.37. The van der Waals surface area contributed by atoms with Crippen LogP contribution in [0.15, 0.2) is 45.6 Å². The van der Waals surface area contributed by atoms with Crippen molar-refractivity contribution in [3.05, 3.63) is 63.6 Å². The molecule has 0 radical (unpaired) electrons. The summed E-state index contributed by atoms with van der Waals surface area (Å²) in [5, 5.41) is 12.0. The fourth-order valence-corrected chi connectivity index (χ4v) is 9.17. The lowest BCUT2D eigenvalue weighted by Gasteiger charge is -2.41. The van der Waals surface area contributed by atoms with Crippen LogP contribution in [0.4, 0.5) is 15.3 Å². The highest BCUT2D eigenvalue weighted by Crippen LogP contribution is 2.34. The van der Waals surface area contributed by atoms with Gasteiger partial charge in [0, 0.05) is 77.4 Å². The Morgan fingerprint density at radius 3 is 2.18 bits per heavy atom. The lowest BCUT2D eigenvalue weighted by Crippen LogP contribution is -2.52. The first-order valence-corrected chi connectivity index (χ1v) is 19.9. The van der Waals surface area contributed by atoms with Gasteiger partial charge in [-0.25, -0.2) is 14.4 Å². The molecule has 4 aliphatic rings. The third-order valence-electron chi connectivity index (χ3n) is 12.3. The van der Waals surface area contributed by atoms with Crippen molar-refractivity contribution in [3.8, 4) is 0 Å². The van der Waals surface area contributed by atoms with Crippen LogP contribution in [-0.2, 0) is 39.0 Å². The number of nitrogens with zero attached hydrogens (tertiary/aromatic N) is 5. The van der Waals surface area contributed by atoms with E-state index in [0.717, 1.165) is 48.9 Å². The van der Waals surface area contributed by atoms with E-state index >= 15 is 0 Å². The van der Waals surface area contributed by atoms with Crippen molar-refractivity contribution >= 4 is 46.7 Å². The summed E-state index contributed by atoms with van der Waals surface area (Å²) in [7, 11) is 1.64. The molecular weight excluding hydrogens is 720 g/mol. The summed E-state index contributed by atoms with van der Waals surface area (Å²) in [6.45, 7) is 5.50. The number of carbonyl (C=O) groups is 5. The summed E-state index contributed by atoms with van der Waals surface area (Å²) >= 11 is 0. The molecule has 7 rings (SSSR count). The minimum Gasteiger partial charge on any atom is -0.481 e. The molecule has 5 heterocycles. The number of benzene rings is 2. The molecule has 15 heteroatoms. The third kappa shape index (κ3) is 8.56. The van der Waals surface area contributed by atoms with Crippen LogP contribution >= 0.6 is 0 Å². The largest absolute Gasteiger partial charge is 0.481 e. The Morgan fingerprint density at radius 2 is 1.50 bits per heavy atom. The van der Waals surface area contributed by atoms with Crippen LogP contribution in [0.25, 0.3) is 11.1 Å². The van der Waals surface area contributed by atoms with Crippen LogP contribution in [0.3, 0.4) is 0 Å². The van der Waals surface area contributed by atoms with Crippen molar-refractivity contribution in [2.75, 3.05) is 51.1 Å². The number of urea groups is 1. The van der Waals surface area contributed by atoms with Crippen molar-refractivity contribution in [3.63, 3.8) is 0 Å². The highest BCUT2D eigenvalue weighted by molar-refractivity contribution is 5.91. The summed E-state index contributed by atoms with van der Waals surface area (Å²) in [6, 6.07) is 11.3. The number of rotatable bonds is 9. The summed E-state index contributed by atoms with van der Waals surface area (Å²) in [4.78, 5) is 83.9. The van der Waals surface area contributed by atoms with Crippen LogP contribution < -0.4 is 11.1 Å². The van der Waals surface area contributed by atoms with E-state index in [9.17, 15) is 28.8 Å². The highest BCUT2D eigenvalue weighted by atomic mass is 16.6. The van der Waals surface area contributed by atoms with Gasteiger partial charge in [0.1, 0.15) is 0 Å². The zero-order chi connectivity index (χ0) is 39.5. The van der Waals surface area contributed by atoms with Crippen molar-refractivity contribution in [1.29, 1.82) is 0 Å². The minimum atomic E-state index is -1.10. The Labute approximate surface area is 325 Å². The van der Waals surface area contributed by atoms with Crippen molar-refractivity contribution in [2.24, 2.45) is 18.9 Å². The van der Waals surface area contributed by atoms with Crippen molar-refractivity contribution < 1.29 is 38.2 Å². The molecule has 0 bridgehead atoms. The normalized spacial score (nSPS) is 19.4. The number of likely N-dealkylation sites (tertiary alicyclic amines) is 3. The molecule has 15 nitrogen and oxygen atoms in total. The van der Waals surface area contributed by atoms with Gasteiger partial charge < -0.3 is 39.2 Å². The van der Waals surface area contributed by atoms with Gasteiger partial charge in [0.25, 0.3) is 5.91 Å². The van der Waals surface area contributed by atoms with Gasteiger partial charge in [-0.1, -0.05) is 24.3 Å². The molecule has 2 N–H and O–H groups in total. The molecule has 3 saturated heterocycles. The molecule has 0 unspecified atom stereocenters. The van der Waals surface area contributed by atoms with Gasteiger partial charge in [0.15, 0.2) is 11.7 Å².